The number of rotatable bonds is 4. The summed E-state index contributed by atoms with van der Waals surface area (Å²) in [7, 11) is 3.17. The van der Waals surface area contributed by atoms with Crippen molar-refractivity contribution in [2.75, 3.05) is 19.5 Å². The Bertz CT molecular complexity index is 1220. The maximum atomic E-state index is 12.2. The fraction of sp³-hybridized carbons (Fsp3) is 0.158. The minimum atomic E-state index is -0.236. The van der Waals surface area contributed by atoms with Gasteiger partial charge in [0.2, 0.25) is 11.9 Å². The standard InChI is InChI=1S/C19H17N5O3/c1-10-15-13(26-2)8-9-14(27-3)16(15)22-18(20-10)24-19-21-12-7-5-4-6-11(12)17(25)23-19/h4-9H,1-3H3,(H2,20,21,22,23,24,25). The average Bonchev–Trinajstić information content (AvgIpc) is 2.67. The third-order valence-electron chi connectivity index (χ3n) is 4.24. The summed E-state index contributed by atoms with van der Waals surface area (Å²) in [4.78, 5) is 28.4. The number of aromatic amines is 1. The predicted octanol–water partition coefficient (Wildman–Crippen LogP) is 2.94. The Balaban J connectivity index is 1.84. The highest BCUT2D eigenvalue weighted by molar-refractivity contribution is 5.92. The molecule has 136 valence electrons. The molecule has 4 rings (SSSR count). The Hall–Kier alpha value is -3.68. The Morgan fingerprint density at radius 3 is 2.48 bits per heavy atom. The smallest absolute Gasteiger partial charge is 0.260 e. The maximum Gasteiger partial charge on any atom is 0.260 e. The van der Waals surface area contributed by atoms with Crippen molar-refractivity contribution in [3.8, 4) is 11.5 Å². The van der Waals surface area contributed by atoms with Gasteiger partial charge in [0.25, 0.3) is 5.56 Å². The number of para-hydroxylation sites is 1. The molecule has 0 atom stereocenters. The predicted molar refractivity (Wildman–Crippen MR) is 103 cm³/mol. The highest BCUT2D eigenvalue weighted by atomic mass is 16.5. The van der Waals surface area contributed by atoms with Crippen molar-refractivity contribution >= 4 is 33.7 Å². The summed E-state index contributed by atoms with van der Waals surface area (Å²) in [5, 5.41) is 4.26. The van der Waals surface area contributed by atoms with E-state index in [1.165, 1.54) is 0 Å². The van der Waals surface area contributed by atoms with Crippen molar-refractivity contribution in [1.82, 2.24) is 19.9 Å². The number of H-pyrrole nitrogens is 1. The first-order valence-electron chi connectivity index (χ1n) is 8.26. The zero-order chi connectivity index (χ0) is 19.0. The molecule has 2 aromatic carbocycles. The van der Waals surface area contributed by atoms with Crippen LogP contribution in [0.1, 0.15) is 5.69 Å². The number of hydrogen-bond acceptors (Lipinski definition) is 7. The van der Waals surface area contributed by atoms with E-state index in [9.17, 15) is 4.79 Å². The number of nitrogens with zero attached hydrogens (tertiary/aromatic N) is 3. The Kier molecular flexibility index (Phi) is 4.08. The van der Waals surface area contributed by atoms with Crippen LogP contribution in [0.4, 0.5) is 11.9 Å². The number of ether oxygens (including phenoxy) is 2. The van der Waals surface area contributed by atoms with Gasteiger partial charge in [0.05, 0.1) is 36.2 Å². The first-order chi connectivity index (χ1) is 13.1. The summed E-state index contributed by atoms with van der Waals surface area (Å²) < 4.78 is 10.8. The van der Waals surface area contributed by atoms with Crippen molar-refractivity contribution in [3.05, 3.63) is 52.4 Å². The maximum absolute atomic E-state index is 12.2. The second kappa shape index (κ2) is 6.56. The van der Waals surface area contributed by atoms with E-state index in [1.54, 1.807) is 38.5 Å². The summed E-state index contributed by atoms with van der Waals surface area (Å²) in [5.41, 5.74) is 1.66. The number of aromatic nitrogens is 4. The summed E-state index contributed by atoms with van der Waals surface area (Å²) in [6.45, 7) is 1.85. The number of nitrogens with one attached hydrogen (secondary N) is 2. The van der Waals surface area contributed by atoms with E-state index in [4.69, 9.17) is 9.47 Å². The van der Waals surface area contributed by atoms with Gasteiger partial charge in [0.1, 0.15) is 17.0 Å². The number of fused-ring (bicyclic) bond motifs is 2. The van der Waals surface area contributed by atoms with Crippen LogP contribution in [0.5, 0.6) is 11.5 Å². The molecular weight excluding hydrogens is 346 g/mol. The lowest BCUT2D eigenvalue weighted by Gasteiger charge is -2.13. The van der Waals surface area contributed by atoms with Crippen LogP contribution < -0.4 is 20.3 Å². The van der Waals surface area contributed by atoms with Crippen LogP contribution in [0.2, 0.25) is 0 Å². The van der Waals surface area contributed by atoms with Crippen molar-refractivity contribution in [3.63, 3.8) is 0 Å². The molecule has 8 heteroatoms. The first kappa shape index (κ1) is 16.8. The molecule has 0 bridgehead atoms. The monoisotopic (exact) mass is 363 g/mol. The molecule has 2 aromatic heterocycles. The van der Waals surface area contributed by atoms with Gasteiger partial charge in [-0.3, -0.25) is 15.1 Å². The minimum absolute atomic E-state index is 0.236. The van der Waals surface area contributed by atoms with Gasteiger partial charge in [0, 0.05) is 0 Å². The van der Waals surface area contributed by atoms with Crippen LogP contribution in [0.3, 0.4) is 0 Å². The summed E-state index contributed by atoms with van der Waals surface area (Å²) in [6.07, 6.45) is 0. The topological polar surface area (TPSA) is 102 Å². The number of methoxy groups -OCH3 is 2. The van der Waals surface area contributed by atoms with Crippen molar-refractivity contribution in [2.24, 2.45) is 0 Å². The fourth-order valence-corrected chi connectivity index (χ4v) is 3.00. The Labute approximate surface area is 154 Å². The molecule has 0 saturated carbocycles. The molecule has 4 aromatic rings. The van der Waals surface area contributed by atoms with Gasteiger partial charge in [0.15, 0.2) is 0 Å². The number of benzene rings is 2. The fourth-order valence-electron chi connectivity index (χ4n) is 3.00. The molecule has 0 aliphatic rings. The van der Waals surface area contributed by atoms with Gasteiger partial charge in [-0.25, -0.2) is 15.0 Å². The largest absolute Gasteiger partial charge is 0.496 e. The molecule has 0 fully saturated rings. The summed E-state index contributed by atoms with van der Waals surface area (Å²) in [6, 6.07) is 10.7. The van der Waals surface area contributed by atoms with Gasteiger partial charge >= 0.3 is 0 Å². The first-order valence-corrected chi connectivity index (χ1v) is 8.26. The van der Waals surface area contributed by atoms with Crippen LogP contribution in [0.25, 0.3) is 21.8 Å². The van der Waals surface area contributed by atoms with Crippen LogP contribution in [-0.2, 0) is 0 Å². The van der Waals surface area contributed by atoms with E-state index in [1.807, 2.05) is 19.1 Å². The highest BCUT2D eigenvalue weighted by Crippen LogP contribution is 2.34. The number of anilines is 2. The van der Waals surface area contributed by atoms with E-state index >= 15 is 0 Å². The van der Waals surface area contributed by atoms with E-state index in [2.05, 4.69) is 25.3 Å². The lowest BCUT2D eigenvalue weighted by Crippen LogP contribution is -2.12. The molecule has 0 saturated heterocycles. The van der Waals surface area contributed by atoms with Gasteiger partial charge in [-0.2, -0.15) is 0 Å². The number of hydrogen-bond donors (Lipinski definition) is 2. The summed E-state index contributed by atoms with van der Waals surface area (Å²) in [5.74, 6) is 1.82. The average molecular weight is 363 g/mol. The lowest BCUT2D eigenvalue weighted by atomic mass is 10.1. The van der Waals surface area contributed by atoms with Crippen molar-refractivity contribution in [2.45, 2.75) is 6.92 Å². The second-order valence-corrected chi connectivity index (χ2v) is 5.88. The normalized spacial score (nSPS) is 10.9. The molecule has 0 unspecified atom stereocenters. The molecule has 2 N–H and O–H groups in total. The van der Waals surface area contributed by atoms with Crippen LogP contribution in [0.15, 0.2) is 41.2 Å². The van der Waals surface area contributed by atoms with Gasteiger partial charge in [-0.15, -0.1) is 0 Å². The second-order valence-electron chi connectivity index (χ2n) is 5.88. The van der Waals surface area contributed by atoms with Crippen LogP contribution in [-0.4, -0.2) is 34.2 Å². The zero-order valence-corrected chi connectivity index (χ0v) is 15.0. The number of aryl methyl sites for hydroxylation is 1. The molecule has 0 aliphatic carbocycles. The molecule has 0 amide bonds. The third-order valence-corrected chi connectivity index (χ3v) is 4.24. The van der Waals surface area contributed by atoms with Crippen molar-refractivity contribution < 1.29 is 9.47 Å². The van der Waals surface area contributed by atoms with E-state index < -0.39 is 0 Å². The molecule has 0 radical (unpaired) electrons. The SMILES string of the molecule is COc1ccc(OC)c2c(C)nc(Nc3nc4ccccc4c(=O)[nH]3)nc12. The summed E-state index contributed by atoms with van der Waals surface area (Å²) >= 11 is 0. The molecule has 0 aliphatic heterocycles. The molecule has 0 spiro atoms. The quantitative estimate of drug-likeness (QED) is 0.575. The van der Waals surface area contributed by atoms with Gasteiger partial charge < -0.3 is 9.47 Å². The minimum Gasteiger partial charge on any atom is -0.496 e. The van der Waals surface area contributed by atoms with Crippen LogP contribution in [0, 0.1) is 6.92 Å². The molecule has 8 nitrogen and oxygen atoms in total. The van der Waals surface area contributed by atoms with Crippen molar-refractivity contribution in [1.29, 1.82) is 0 Å². The Morgan fingerprint density at radius 2 is 1.70 bits per heavy atom. The molecule has 2 heterocycles. The lowest BCUT2D eigenvalue weighted by molar-refractivity contribution is 0.409. The highest BCUT2D eigenvalue weighted by Gasteiger charge is 2.15. The zero-order valence-electron chi connectivity index (χ0n) is 15.0. The molecular formula is C19H17N5O3. The van der Waals surface area contributed by atoms with Crippen LogP contribution >= 0.6 is 0 Å². The Morgan fingerprint density at radius 1 is 0.963 bits per heavy atom. The van der Waals surface area contributed by atoms with Gasteiger partial charge in [-0.05, 0) is 31.2 Å². The van der Waals surface area contributed by atoms with E-state index in [0.29, 0.717) is 39.6 Å². The molecule has 27 heavy (non-hydrogen) atoms. The van der Waals surface area contributed by atoms with E-state index in [-0.39, 0.29) is 11.5 Å². The van der Waals surface area contributed by atoms with E-state index in [0.717, 1.165) is 5.39 Å². The van der Waals surface area contributed by atoms with Gasteiger partial charge in [-0.1, -0.05) is 12.1 Å². The third kappa shape index (κ3) is 2.91.